The molecule has 1 N–H and O–H groups in total. The lowest BCUT2D eigenvalue weighted by atomic mass is 10.1. The second kappa shape index (κ2) is 10.2. The minimum atomic E-state index is -3.88. The summed E-state index contributed by atoms with van der Waals surface area (Å²) < 4.78 is 41.7. The lowest BCUT2D eigenvalue weighted by Gasteiger charge is -2.36. The fourth-order valence-corrected chi connectivity index (χ4v) is 5.09. The van der Waals surface area contributed by atoms with Crippen LogP contribution in [-0.2, 0) is 21.4 Å². The third kappa shape index (κ3) is 5.84. The van der Waals surface area contributed by atoms with Crippen LogP contribution in [0.4, 0.5) is 4.39 Å². The summed E-state index contributed by atoms with van der Waals surface area (Å²) in [6.45, 7) is 2.93. The molecular weight excluding hydrogens is 441 g/mol. The van der Waals surface area contributed by atoms with Crippen molar-refractivity contribution in [3.05, 3.63) is 102 Å². The molecule has 1 saturated heterocycles. The van der Waals surface area contributed by atoms with Crippen LogP contribution in [0, 0.1) is 5.82 Å². The van der Waals surface area contributed by atoms with Gasteiger partial charge in [-0.3, -0.25) is 9.69 Å². The summed E-state index contributed by atoms with van der Waals surface area (Å²) >= 11 is 0. The number of rotatable bonds is 7. The summed E-state index contributed by atoms with van der Waals surface area (Å²) in [4.78, 5) is 17.5. The Balaban J connectivity index is 1.46. The first kappa shape index (κ1) is 23.1. The van der Waals surface area contributed by atoms with Crippen molar-refractivity contribution in [1.29, 1.82) is 0 Å². The molecule has 4 rings (SSSR count). The van der Waals surface area contributed by atoms with Crippen molar-refractivity contribution < 1.29 is 17.6 Å². The van der Waals surface area contributed by atoms with E-state index in [4.69, 9.17) is 0 Å². The van der Waals surface area contributed by atoms with Gasteiger partial charge >= 0.3 is 0 Å². The summed E-state index contributed by atoms with van der Waals surface area (Å²) in [5.74, 6) is -0.541. The molecule has 1 atom stereocenters. The number of carbonyl (C=O) groups is 1. The third-order valence-corrected chi connectivity index (χ3v) is 7.15. The molecule has 3 aromatic rings. The molecule has 8 heteroatoms. The molecule has 0 saturated carbocycles. The molecule has 0 radical (unpaired) electrons. The molecule has 1 fully saturated rings. The van der Waals surface area contributed by atoms with E-state index in [1.165, 1.54) is 24.3 Å². The van der Waals surface area contributed by atoms with Crippen LogP contribution in [0.15, 0.2) is 89.8 Å². The predicted octanol–water partition coefficient (Wildman–Crippen LogP) is 3.19. The minimum Gasteiger partial charge on any atom is -0.338 e. The molecular formula is C25H26FN3O3S. The summed E-state index contributed by atoms with van der Waals surface area (Å²) in [5, 5.41) is 0. The summed E-state index contributed by atoms with van der Waals surface area (Å²) in [6, 6.07) is 22.3. The van der Waals surface area contributed by atoms with E-state index in [2.05, 4.69) is 9.62 Å². The topological polar surface area (TPSA) is 69.7 Å². The highest BCUT2D eigenvalue weighted by Gasteiger charge is 2.32. The number of piperazine rings is 1. The molecule has 6 nitrogen and oxygen atoms in total. The maximum atomic E-state index is 13.4. The Morgan fingerprint density at radius 2 is 1.42 bits per heavy atom. The zero-order valence-corrected chi connectivity index (χ0v) is 18.9. The first-order valence-corrected chi connectivity index (χ1v) is 12.3. The normalized spacial score (nSPS) is 15.8. The number of sulfonamides is 1. The van der Waals surface area contributed by atoms with E-state index >= 15 is 0 Å². The first-order chi connectivity index (χ1) is 15.9. The number of hydrogen-bond donors (Lipinski definition) is 1. The third-order valence-electron chi connectivity index (χ3n) is 5.71. The number of nitrogens with one attached hydrogen (secondary N) is 1. The number of amides is 1. The average molecular weight is 468 g/mol. The fourth-order valence-electron chi connectivity index (χ4n) is 3.89. The average Bonchev–Trinajstić information content (AvgIpc) is 2.85. The molecule has 1 aliphatic rings. The van der Waals surface area contributed by atoms with Crippen molar-refractivity contribution in [3.63, 3.8) is 0 Å². The van der Waals surface area contributed by atoms with Crippen LogP contribution in [0.2, 0.25) is 0 Å². The van der Waals surface area contributed by atoms with Gasteiger partial charge < -0.3 is 4.90 Å². The van der Waals surface area contributed by atoms with Crippen molar-refractivity contribution >= 4 is 15.9 Å². The van der Waals surface area contributed by atoms with Crippen LogP contribution >= 0.6 is 0 Å². The molecule has 0 unspecified atom stereocenters. The van der Waals surface area contributed by atoms with Crippen LogP contribution in [-0.4, -0.2) is 50.3 Å². The number of hydrogen-bond acceptors (Lipinski definition) is 4. The Morgan fingerprint density at radius 3 is 2.03 bits per heavy atom. The number of benzene rings is 3. The van der Waals surface area contributed by atoms with Gasteiger partial charge in [0.1, 0.15) is 11.9 Å². The van der Waals surface area contributed by atoms with E-state index < -0.39 is 16.1 Å². The monoisotopic (exact) mass is 467 g/mol. The minimum absolute atomic E-state index is 0.114. The van der Waals surface area contributed by atoms with E-state index in [1.807, 2.05) is 6.07 Å². The molecule has 1 aliphatic heterocycles. The highest BCUT2D eigenvalue weighted by atomic mass is 32.2. The van der Waals surface area contributed by atoms with Gasteiger partial charge in [-0.1, -0.05) is 60.7 Å². The van der Waals surface area contributed by atoms with Gasteiger partial charge in [0, 0.05) is 32.7 Å². The second-order valence-corrected chi connectivity index (χ2v) is 9.72. The van der Waals surface area contributed by atoms with Crippen LogP contribution in [0.1, 0.15) is 17.2 Å². The molecule has 0 aliphatic carbocycles. The Kier molecular flexibility index (Phi) is 7.17. The van der Waals surface area contributed by atoms with Gasteiger partial charge in [0.05, 0.1) is 4.90 Å². The van der Waals surface area contributed by atoms with E-state index in [-0.39, 0.29) is 16.6 Å². The van der Waals surface area contributed by atoms with Gasteiger partial charge in [-0.2, -0.15) is 4.72 Å². The van der Waals surface area contributed by atoms with E-state index in [1.54, 1.807) is 59.5 Å². The largest absolute Gasteiger partial charge is 0.338 e. The van der Waals surface area contributed by atoms with Gasteiger partial charge in [0.2, 0.25) is 15.9 Å². The molecule has 33 heavy (non-hydrogen) atoms. The Bertz CT molecular complexity index is 1160. The number of halogens is 1. The van der Waals surface area contributed by atoms with Crippen molar-refractivity contribution in [2.24, 2.45) is 0 Å². The van der Waals surface area contributed by atoms with Crippen molar-refractivity contribution in [2.45, 2.75) is 17.5 Å². The Hall–Kier alpha value is -3.07. The standard InChI is InChI=1S/C25H26FN3O3S/c26-22-13-11-20(12-14-22)19-28-15-17-29(18-16-28)25(30)24(21-7-3-1-4-8-21)27-33(31,32)23-9-5-2-6-10-23/h1-14,24,27H,15-19H2/t24-/m0/s1. The van der Waals surface area contributed by atoms with Gasteiger partial charge in [-0.15, -0.1) is 0 Å². The van der Waals surface area contributed by atoms with Crippen molar-refractivity contribution in [2.75, 3.05) is 26.2 Å². The molecule has 0 aromatic heterocycles. The summed E-state index contributed by atoms with van der Waals surface area (Å²) in [5.41, 5.74) is 1.60. The molecule has 172 valence electrons. The van der Waals surface area contributed by atoms with Gasteiger partial charge in [-0.05, 0) is 35.4 Å². The first-order valence-electron chi connectivity index (χ1n) is 10.8. The zero-order chi connectivity index (χ0) is 23.3. The number of nitrogens with zero attached hydrogens (tertiary/aromatic N) is 2. The Morgan fingerprint density at radius 1 is 0.848 bits per heavy atom. The second-order valence-electron chi connectivity index (χ2n) is 8.01. The summed E-state index contributed by atoms with van der Waals surface area (Å²) in [6.07, 6.45) is 0. The van der Waals surface area contributed by atoms with Gasteiger partial charge in [0.25, 0.3) is 0 Å². The van der Waals surface area contributed by atoms with Gasteiger partial charge in [0.15, 0.2) is 0 Å². The van der Waals surface area contributed by atoms with Crippen LogP contribution in [0.25, 0.3) is 0 Å². The lowest BCUT2D eigenvalue weighted by Crippen LogP contribution is -2.51. The molecule has 0 bridgehead atoms. The highest BCUT2D eigenvalue weighted by Crippen LogP contribution is 2.21. The highest BCUT2D eigenvalue weighted by molar-refractivity contribution is 7.89. The van der Waals surface area contributed by atoms with Crippen LogP contribution in [0.3, 0.4) is 0 Å². The van der Waals surface area contributed by atoms with E-state index in [9.17, 15) is 17.6 Å². The quantitative estimate of drug-likeness (QED) is 0.580. The van der Waals surface area contributed by atoms with Crippen molar-refractivity contribution in [1.82, 2.24) is 14.5 Å². The maximum absolute atomic E-state index is 13.4. The van der Waals surface area contributed by atoms with E-state index in [0.717, 1.165) is 5.56 Å². The molecule has 0 spiro atoms. The van der Waals surface area contributed by atoms with Gasteiger partial charge in [-0.25, -0.2) is 12.8 Å². The lowest BCUT2D eigenvalue weighted by molar-refractivity contribution is -0.135. The van der Waals surface area contributed by atoms with Crippen LogP contribution in [0.5, 0.6) is 0 Å². The SMILES string of the molecule is O=C([C@@H](NS(=O)(=O)c1ccccc1)c1ccccc1)N1CCN(Cc2ccc(F)cc2)CC1. The zero-order valence-electron chi connectivity index (χ0n) is 18.1. The Labute approximate surface area is 193 Å². The molecule has 1 amide bonds. The predicted molar refractivity (Wildman–Crippen MR) is 124 cm³/mol. The van der Waals surface area contributed by atoms with Crippen LogP contribution < -0.4 is 4.72 Å². The fraction of sp³-hybridized carbons (Fsp3) is 0.240. The maximum Gasteiger partial charge on any atom is 0.245 e. The molecule has 1 heterocycles. The number of carbonyl (C=O) groups excluding carboxylic acids is 1. The molecule has 3 aromatic carbocycles. The van der Waals surface area contributed by atoms with E-state index in [0.29, 0.717) is 38.3 Å². The smallest absolute Gasteiger partial charge is 0.245 e. The van der Waals surface area contributed by atoms with Crippen molar-refractivity contribution in [3.8, 4) is 0 Å². The summed E-state index contributed by atoms with van der Waals surface area (Å²) in [7, 11) is -3.88.